The van der Waals surface area contributed by atoms with Gasteiger partial charge in [-0.2, -0.15) is 0 Å². The summed E-state index contributed by atoms with van der Waals surface area (Å²) in [5, 5.41) is 0.593. The van der Waals surface area contributed by atoms with Gasteiger partial charge in [0.25, 0.3) is 0 Å². The molecule has 3 aromatic rings. The van der Waals surface area contributed by atoms with Crippen molar-refractivity contribution in [3.8, 4) is 22.6 Å². The van der Waals surface area contributed by atoms with Crippen LogP contribution in [0.15, 0.2) is 51.7 Å². The molecule has 5 nitrogen and oxygen atoms in total. The lowest BCUT2D eigenvalue weighted by Gasteiger charge is -2.28. The lowest BCUT2D eigenvalue weighted by atomic mass is 9.89. The van der Waals surface area contributed by atoms with E-state index in [0.29, 0.717) is 28.0 Å². The highest BCUT2D eigenvalue weighted by Crippen LogP contribution is 2.43. The average Bonchev–Trinajstić information content (AvgIpc) is 2.65. The lowest BCUT2D eigenvalue weighted by Crippen LogP contribution is -2.33. The van der Waals surface area contributed by atoms with Crippen molar-refractivity contribution >= 4 is 16.8 Å². The van der Waals surface area contributed by atoms with Crippen molar-refractivity contribution in [2.24, 2.45) is 5.92 Å². The van der Waals surface area contributed by atoms with Crippen molar-refractivity contribution in [1.82, 2.24) is 0 Å². The predicted octanol–water partition coefficient (Wildman–Crippen LogP) is 4.07. The van der Waals surface area contributed by atoms with E-state index in [1.807, 2.05) is 44.2 Å². The highest BCUT2D eigenvalue weighted by Gasteiger charge is 2.35. The van der Waals surface area contributed by atoms with Crippen LogP contribution in [0, 0.1) is 5.92 Å². The van der Waals surface area contributed by atoms with E-state index >= 15 is 0 Å². The minimum atomic E-state index is -0.522. The summed E-state index contributed by atoms with van der Waals surface area (Å²) >= 11 is 0. The Balaban J connectivity index is 2.15. The zero-order valence-electron chi connectivity index (χ0n) is 14.7. The van der Waals surface area contributed by atoms with Crippen molar-refractivity contribution in [3.63, 3.8) is 0 Å². The molecule has 0 radical (unpaired) electrons. The maximum absolute atomic E-state index is 12.9. The first-order chi connectivity index (χ1) is 12.5. The van der Waals surface area contributed by atoms with E-state index in [1.54, 1.807) is 6.07 Å². The fraction of sp³-hybridized carbons (Fsp3) is 0.238. The first-order valence-electron chi connectivity index (χ1n) is 8.46. The monoisotopic (exact) mass is 350 g/mol. The summed E-state index contributed by atoms with van der Waals surface area (Å²) < 4.78 is 16.9. The summed E-state index contributed by atoms with van der Waals surface area (Å²) in [6.07, 6.45) is -0.263. The third-order valence-electron chi connectivity index (χ3n) is 4.92. The maximum atomic E-state index is 12.9. The Morgan fingerprint density at radius 1 is 1.04 bits per heavy atom. The molecule has 132 valence electrons. The van der Waals surface area contributed by atoms with E-state index < -0.39 is 5.63 Å². The molecule has 2 heterocycles. The summed E-state index contributed by atoms with van der Waals surface area (Å²) in [5.74, 6) is 0.457. The van der Waals surface area contributed by atoms with E-state index in [4.69, 9.17) is 13.9 Å². The SMILES string of the molecule is COc1cc2c(c3oc(=O)cc(-c4ccccc4)c13)C(=O)[C@H](C)[C@@H](C)O2. The van der Waals surface area contributed by atoms with Gasteiger partial charge < -0.3 is 13.9 Å². The minimum absolute atomic E-state index is 0.0974. The molecule has 2 aromatic carbocycles. The molecule has 5 heteroatoms. The van der Waals surface area contributed by atoms with Crippen LogP contribution in [-0.2, 0) is 0 Å². The van der Waals surface area contributed by atoms with Gasteiger partial charge in [-0.15, -0.1) is 0 Å². The summed E-state index contributed by atoms with van der Waals surface area (Å²) in [4.78, 5) is 25.2. The molecule has 0 spiro atoms. The zero-order valence-corrected chi connectivity index (χ0v) is 14.7. The van der Waals surface area contributed by atoms with Gasteiger partial charge in [0.05, 0.1) is 18.4 Å². The molecule has 0 bridgehead atoms. The second kappa shape index (κ2) is 6.02. The van der Waals surface area contributed by atoms with Crippen molar-refractivity contribution in [3.05, 3.63) is 58.4 Å². The maximum Gasteiger partial charge on any atom is 0.336 e. The summed E-state index contributed by atoms with van der Waals surface area (Å²) in [6.45, 7) is 3.66. The number of ether oxygens (including phenoxy) is 2. The lowest BCUT2D eigenvalue weighted by molar-refractivity contribution is 0.0731. The third-order valence-corrected chi connectivity index (χ3v) is 4.92. The van der Waals surface area contributed by atoms with Crippen LogP contribution in [0.4, 0.5) is 0 Å². The molecule has 0 fully saturated rings. The van der Waals surface area contributed by atoms with Crippen molar-refractivity contribution in [1.29, 1.82) is 0 Å². The standard InChI is InChI=1S/C21H18O5/c1-11-12(2)25-16-10-15(24-3)18-14(13-7-5-4-6-8-13)9-17(22)26-21(18)19(16)20(11)23/h4-12H,1-3H3/t11-,12-/m1/s1. The number of ketones is 1. The van der Waals surface area contributed by atoms with Crippen LogP contribution in [-0.4, -0.2) is 19.0 Å². The van der Waals surface area contributed by atoms with Crippen molar-refractivity contribution in [2.75, 3.05) is 7.11 Å². The molecule has 0 aliphatic carbocycles. The van der Waals surface area contributed by atoms with Crippen LogP contribution >= 0.6 is 0 Å². The molecule has 0 amide bonds. The molecular formula is C21H18O5. The number of hydrogen-bond acceptors (Lipinski definition) is 5. The number of hydrogen-bond donors (Lipinski definition) is 0. The van der Waals surface area contributed by atoms with Crippen LogP contribution in [0.2, 0.25) is 0 Å². The van der Waals surface area contributed by atoms with Gasteiger partial charge in [0.2, 0.25) is 0 Å². The molecule has 0 saturated carbocycles. The van der Waals surface area contributed by atoms with E-state index in [-0.39, 0.29) is 23.4 Å². The number of benzene rings is 2. The second-order valence-corrected chi connectivity index (χ2v) is 6.48. The fourth-order valence-corrected chi connectivity index (χ4v) is 3.37. The van der Waals surface area contributed by atoms with Crippen LogP contribution in [0.1, 0.15) is 24.2 Å². The van der Waals surface area contributed by atoms with Gasteiger partial charge in [-0.3, -0.25) is 4.79 Å². The molecule has 4 rings (SSSR count). The Labute approximate surface area is 150 Å². The van der Waals surface area contributed by atoms with Gasteiger partial charge in [-0.1, -0.05) is 37.3 Å². The Morgan fingerprint density at radius 3 is 2.46 bits per heavy atom. The topological polar surface area (TPSA) is 65.7 Å². The smallest absolute Gasteiger partial charge is 0.336 e. The first-order valence-corrected chi connectivity index (χ1v) is 8.46. The van der Waals surface area contributed by atoms with Crippen LogP contribution in [0.3, 0.4) is 0 Å². The molecule has 0 saturated heterocycles. The van der Waals surface area contributed by atoms with Crippen molar-refractivity contribution < 1.29 is 18.7 Å². The van der Waals surface area contributed by atoms with E-state index in [2.05, 4.69) is 0 Å². The quantitative estimate of drug-likeness (QED) is 0.652. The van der Waals surface area contributed by atoms with Gasteiger partial charge in [0.1, 0.15) is 23.2 Å². The Kier molecular flexibility index (Phi) is 3.80. The van der Waals surface area contributed by atoms with E-state index in [1.165, 1.54) is 13.2 Å². The normalized spacial score (nSPS) is 19.1. The van der Waals surface area contributed by atoms with Crippen LogP contribution in [0.25, 0.3) is 22.1 Å². The Morgan fingerprint density at radius 2 is 1.77 bits per heavy atom. The molecular weight excluding hydrogens is 332 g/mol. The number of carbonyl (C=O) groups excluding carboxylic acids is 1. The molecule has 1 aliphatic rings. The van der Waals surface area contributed by atoms with Crippen LogP contribution in [0.5, 0.6) is 11.5 Å². The number of rotatable bonds is 2. The highest BCUT2D eigenvalue weighted by atomic mass is 16.5. The molecule has 0 unspecified atom stereocenters. The summed E-state index contributed by atoms with van der Waals surface area (Å²) in [6, 6.07) is 12.6. The molecule has 1 aliphatic heterocycles. The number of carbonyl (C=O) groups is 1. The van der Waals surface area contributed by atoms with Gasteiger partial charge in [-0.05, 0) is 12.5 Å². The first kappa shape index (κ1) is 16.4. The van der Waals surface area contributed by atoms with Gasteiger partial charge in [0.15, 0.2) is 11.4 Å². The fourth-order valence-electron chi connectivity index (χ4n) is 3.37. The molecule has 26 heavy (non-hydrogen) atoms. The summed E-state index contributed by atoms with van der Waals surface area (Å²) in [5.41, 5.74) is 1.51. The summed E-state index contributed by atoms with van der Waals surface area (Å²) in [7, 11) is 1.54. The highest BCUT2D eigenvalue weighted by molar-refractivity contribution is 6.14. The van der Waals surface area contributed by atoms with Gasteiger partial charge in [0, 0.05) is 17.7 Å². The molecule has 0 N–H and O–H groups in total. The van der Waals surface area contributed by atoms with E-state index in [9.17, 15) is 9.59 Å². The number of fused-ring (bicyclic) bond motifs is 3. The zero-order chi connectivity index (χ0) is 18.4. The number of methoxy groups -OCH3 is 1. The Hall–Kier alpha value is -3.08. The number of Topliss-reactive ketones (excluding diaryl/α,β-unsaturated/α-hetero) is 1. The largest absolute Gasteiger partial charge is 0.496 e. The Bertz CT molecular complexity index is 1070. The van der Waals surface area contributed by atoms with Gasteiger partial charge >= 0.3 is 5.63 Å². The predicted molar refractivity (Wildman–Crippen MR) is 98.1 cm³/mol. The van der Waals surface area contributed by atoms with E-state index in [0.717, 1.165) is 5.56 Å². The average molecular weight is 350 g/mol. The second-order valence-electron chi connectivity index (χ2n) is 6.48. The minimum Gasteiger partial charge on any atom is -0.496 e. The van der Waals surface area contributed by atoms with Crippen LogP contribution < -0.4 is 15.1 Å². The van der Waals surface area contributed by atoms with Crippen molar-refractivity contribution in [2.45, 2.75) is 20.0 Å². The van der Waals surface area contributed by atoms with Gasteiger partial charge in [-0.25, -0.2) is 4.79 Å². The molecule has 2 atom stereocenters. The third kappa shape index (κ3) is 2.39. The molecule has 1 aromatic heterocycles.